The lowest BCUT2D eigenvalue weighted by atomic mass is 10.1. The van der Waals surface area contributed by atoms with Crippen molar-refractivity contribution in [3.8, 4) is 11.3 Å². The summed E-state index contributed by atoms with van der Waals surface area (Å²) in [7, 11) is 0. The lowest BCUT2D eigenvalue weighted by molar-refractivity contribution is 0.121. The number of carbonyl (C=O) groups excluding carboxylic acids is 1. The van der Waals surface area contributed by atoms with Gasteiger partial charge < -0.3 is 9.26 Å². The fourth-order valence-corrected chi connectivity index (χ4v) is 3.81. The van der Waals surface area contributed by atoms with Crippen LogP contribution >= 0.6 is 23.4 Å². The molecule has 0 radical (unpaired) electrons. The van der Waals surface area contributed by atoms with Crippen LogP contribution in [-0.2, 0) is 10.5 Å². The molecule has 0 aliphatic carbocycles. The minimum absolute atomic E-state index is 0.498. The van der Waals surface area contributed by atoms with Crippen LogP contribution in [0.4, 0.5) is 10.5 Å². The minimum Gasteiger partial charge on any atom is -0.441 e. The maximum atomic E-state index is 12.5. The van der Waals surface area contributed by atoms with Crippen LogP contribution < -0.4 is 5.32 Å². The topological polar surface area (TPSA) is 64.4 Å². The number of amides is 1. The lowest BCUT2D eigenvalue weighted by Crippen LogP contribution is -2.17. The van der Waals surface area contributed by atoms with E-state index in [0.717, 1.165) is 22.6 Å². The number of rotatable bonds is 7. The van der Waals surface area contributed by atoms with Gasteiger partial charge in [0, 0.05) is 21.9 Å². The summed E-state index contributed by atoms with van der Waals surface area (Å²) in [6, 6.07) is 15.3. The predicted molar refractivity (Wildman–Crippen MR) is 118 cm³/mol. The molecule has 1 atom stereocenters. The molecule has 2 aromatic carbocycles. The third-order valence-electron chi connectivity index (χ3n) is 4.38. The molecule has 0 saturated heterocycles. The zero-order valence-corrected chi connectivity index (χ0v) is 18.1. The summed E-state index contributed by atoms with van der Waals surface area (Å²) in [5.41, 5.74) is 3.86. The molecular formula is C22H23ClN2O3S. The van der Waals surface area contributed by atoms with Gasteiger partial charge in [-0.2, -0.15) is 11.8 Å². The molecule has 29 heavy (non-hydrogen) atoms. The van der Waals surface area contributed by atoms with Crippen molar-refractivity contribution in [3.05, 3.63) is 70.4 Å². The van der Waals surface area contributed by atoms with Gasteiger partial charge in [0.1, 0.15) is 17.5 Å². The first-order valence-electron chi connectivity index (χ1n) is 9.35. The van der Waals surface area contributed by atoms with E-state index in [1.54, 1.807) is 19.9 Å². The number of hydrogen-bond donors (Lipinski definition) is 1. The number of benzene rings is 2. The van der Waals surface area contributed by atoms with E-state index in [0.29, 0.717) is 22.2 Å². The second kappa shape index (κ2) is 9.85. The molecule has 7 heteroatoms. The van der Waals surface area contributed by atoms with Gasteiger partial charge in [0.05, 0.1) is 0 Å². The monoisotopic (exact) mass is 430 g/mol. The van der Waals surface area contributed by atoms with Crippen LogP contribution in [-0.4, -0.2) is 17.0 Å². The summed E-state index contributed by atoms with van der Waals surface area (Å²) in [6.45, 7) is 5.68. The molecule has 1 heterocycles. The summed E-state index contributed by atoms with van der Waals surface area (Å²) in [6.07, 6.45) is -1.09. The maximum Gasteiger partial charge on any atom is 0.412 e. The van der Waals surface area contributed by atoms with E-state index in [2.05, 4.69) is 23.5 Å². The number of aromatic nitrogens is 1. The summed E-state index contributed by atoms with van der Waals surface area (Å²) >= 11 is 8.03. The molecule has 0 bridgehead atoms. The van der Waals surface area contributed by atoms with Gasteiger partial charge in [0.15, 0.2) is 5.76 Å². The van der Waals surface area contributed by atoms with E-state index in [-0.39, 0.29) is 0 Å². The summed E-state index contributed by atoms with van der Waals surface area (Å²) < 4.78 is 11.0. The molecule has 0 aliphatic rings. The molecule has 152 valence electrons. The number of halogens is 1. The van der Waals surface area contributed by atoms with Gasteiger partial charge in [-0.25, -0.2) is 4.79 Å². The van der Waals surface area contributed by atoms with E-state index in [4.69, 9.17) is 20.9 Å². The minimum atomic E-state index is -0.595. The summed E-state index contributed by atoms with van der Waals surface area (Å²) in [5, 5.41) is 7.34. The first-order valence-corrected chi connectivity index (χ1v) is 10.9. The van der Waals surface area contributed by atoms with Crippen LogP contribution in [0.1, 0.15) is 36.8 Å². The molecule has 5 nitrogen and oxygen atoms in total. The molecule has 3 rings (SSSR count). The molecule has 0 aliphatic heterocycles. The van der Waals surface area contributed by atoms with Crippen molar-refractivity contribution in [1.82, 2.24) is 5.16 Å². The third kappa shape index (κ3) is 5.34. The highest BCUT2D eigenvalue weighted by atomic mass is 35.5. The van der Waals surface area contributed by atoms with Crippen molar-refractivity contribution in [1.29, 1.82) is 0 Å². The third-order valence-corrected chi connectivity index (χ3v) is 5.67. The highest BCUT2D eigenvalue weighted by molar-refractivity contribution is 7.98. The first-order chi connectivity index (χ1) is 14.0. The number of ether oxygens (including phenoxy) is 1. The van der Waals surface area contributed by atoms with Crippen LogP contribution in [0.2, 0.25) is 5.02 Å². The Kier molecular flexibility index (Phi) is 7.23. The quantitative estimate of drug-likeness (QED) is 0.443. The zero-order chi connectivity index (χ0) is 20.8. The van der Waals surface area contributed by atoms with Crippen molar-refractivity contribution in [2.75, 3.05) is 11.1 Å². The number of nitrogens with zero attached hydrogens (tertiary/aromatic N) is 1. The largest absolute Gasteiger partial charge is 0.441 e. The van der Waals surface area contributed by atoms with E-state index in [1.807, 2.05) is 48.2 Å². The number of aryl methyl sites for hydroxylation is 1. The van der Waals surface area contributed by atoms with Crippen molar-refractivity contribution in [3.63, 3.8) is 0 Å². The van der Waals surface area contributed by atoms with Gasteiger partial charge in [0.2, 0.25) is 0 Å². The fourth-order valence-electron chi connectivity index (χ4n) is 2.90. The van der Waals surface area contributed by atoms with Crippen molar-refractivity contribution < 1.29 is 14.1 Å². The lowest BCUT2D eigenvalue weighted by Gasteiger charge is -2.15. The number of anilines is 1. The maximum absolute atomic E-state index is 12.5. The molecule has 3 aromatic rings. The number of carbonyl (C=O) groups is 1. The van der Waals surface area contributed by atoms with Gasteiger partial charge in [-0.1, -0.05) is 60.1 Å². The Morgan fingerprint density at radius 1 is 1.28 bits per heavy atom. The normalized spacial score (nSPS) is 11.9. The Bertz CT molecular complexity index is 990. The number of hydrogen-bond acceptors (Lipinski definition) is 5. The molecule has 1 aromatic heterocycles. The number of nitrogens with one attached hydrogen (secondary N) is 1. The van der Waals surface area contributed by atoms with Crippen molar-refractivity contribution in [2.24, 2.45) is 0 Å². The molecular weight excluding hydrogens is 408 g/mol. The van der Waals surface area contributed by atoms with Gasteiger partial charge >= 0.3 is 6.09 Å². The fraction of sp³-hybridized carbons (Fsp3) is 0.273. The highest BCUT2D eigenvalue weighted by Crippen LogP contribution is 2.33. The second-order valence-electron chi connectivity index (χ2n) is 6.50. The Morgan fingerprint density at radius 2 is 2.07 bits per heavy atom. The van der Waals surface area contributed by atoms with E-state index in [9.17, 15) is 4.79 Å². The molecule has 1 unspecified atom stereocenters. The Hall–Kier alpha value is -2.44. The van der Waals surface area contributed by atoms with Crippen LogP contribution in [0.25, 0.3) is 11.3 Å². The smallest absolute Gasteiger partial charge is 0.412 e. The SMILES string of the molecule is CCSCc1cccc(-c2onc(C)c2NC(=O)OC(C)c2ccccc2Cl)c1. The molecule has 1 amide bonds. The first kappa shape index (κ1) is 21.3. The second-order valence-corrected chi connectivity index (χ2v) is 8.19. The summed E-state index contributed by atoms with van der Waals surface area (Å²) in [5.74, 6) is 2.47. The van der Waals surface area contributed by atoms with Crippen LogP contribution in [0.15, 0.2) is 53.1 Å². The number of thioether (sulfide) groups is 1. The van der Waals surface area contributed by atoms with E-state index >= 15 is 0 Å². The van der Waals surface area contributed by atoms with E-state index in [1.165, 1.54) is 5.56 Å². The molecule has 1 N–H and O–H groups in total. The van der Waals surface area contributed by atoms with Crippen molar-refractivity contribution >= 4 is 35.1 Å². The Balaban J connectivity index is 1.76. The van der Waals surface area contributed by atoms with Crippen molar-refractivity contribution in [2.45, 2.75) is 32.6 Å². The molecule has 0 spiro atoms. The summed E-state index contributed by atoms with van der Waals surface area (Å²) in [4.78, 5) is 12.5. The van der Waals surface area contributed by atoms with Crippen LogP contribution in [0.5, 0.6) is 0 Å². The average molecular weight is 431 g/mol. The van der Waals surface area contributed by atoms with Gasteiger partial charge in [-0.3, -0.25) is 5.32 Å². The van der Waals surface area contributed by atoms with Gasteiger partial charge in [-0.15, -0.1) is 0 Å². The zero-order valence-electron chi connectivity index (χ0n) is 16.6. The Labute approximate surface area is 179 Å². The van der Waals surface area contributed by atoms with Gasteiger partial charge in [-0.05, 0) is 37.3 Å². The standard InChI is InChI=1S/C22H23ClN2O3S/c1-4-29-13-16-8-7-9-17(12-16)21-20(14(2)25-28-21)24-22(26)27-15(3)18-10-5-6-11-19(18)23/h5-12,15H,4,13H2,1-3H3,(H,24,26). The Morgan fingerprint density at radius 3 is 2.83 bits per heavy atom. The molecule has 0 saturated carbocycles. The molecule has 0 fully saturated rings. The van der Waals surface area contributed by atoms with Crippen LogP contribution in [0.3, 0.4) is 0 Å². The van der Waals surface area contributed by atoms with Gasteiger partial charge in [0.25, 0.3) is 0 Å². The predicted octanol–water partition coefficient (Wildman–Crippen LogP) is 6.87. The van der Waals surface area contributed by atoms with E-state index < -0.39 is 12.2 Å². The highest BCUT2D eigenvalue weighted by Gasteiger charge is 2.20. The average Bonchev–Trinajstić information content (AvgIpc) is 3.07. The van der Waals surface area contributed by atoms with Crippen LogP contribution in [0, 0.1) is 6.92 Å².